The molecule has 0 aliphatic rings. The van der Waals surface area contributed by atoms with Crippen LogP contribution in [0.25, 0.3) is 0 Å². The molecule has 1 aromatic carbocycles. The van der Waals surface area contributed by atoms with E-state index < -0.39 is 0 Å². The Morgan fingerprint density at radius 3 is 2.46 bits per heavy atom. The van der Waals surface area contributed by atoms with Crippen molar-refractivity contribution in [2.24, 2.45) is 11.7 Å². The maximum atomic E-state index is 6.01. The van der Waals surface area contributed by atoms with Crippen LogP contribution in [-0.2, 0) is 0 Å². The smallest absolute Gasteiger partial charge is 0.0363 e. The molecule has 0 saturated carbocycles. The number of benzene rings is 1. The van der Waals surface area contributed by atoms with Gasteiger partial charge in [-0.15, -0.1) is 0 Å². The molecule has 1 rings (SSSR count). The van der Waals surface area contributed by atoms with Crippen molar-refractivity contribution < 1.29 is 0 Å². The van der Waals surface area contributed by atoms with E-state index in [0.717, 1.165) is 15.7 Å². The molecule has 0 aromatic heterocycles. The molecule has 1 aromatic rings. The van der Waals surface area contributed by atoms with Gasteiger partial charge in [-0.3, -0.25) is 0 Å². The molecular formula is C10H15BrN2. The first-order valence-electron chi connectivity index (χ1n) is 4.33. The minimum Gasteiger partial charge on any atom is -0.398 e. The summed E-state index contributed by atoms with van der Waals surface area (Å²) in [6, 6.07) is 5.80. The van der Waals surface area contributed by atoms with Gasteiger partial charge in [0.25, 0.3) is 0 Å². The van der Waals surface area contributed by atoms with E-state index in [0.29, 0.717) is 5.92 Å². The topological polar surface area (TPSA) is 52.0 Å². The minimum atomic E-state index is 0.0116. The number of hydrogen-bond acceptors (Lipinski definition) is 2. The Labute approximate surface area is 87.4 Å². The normalized spacial score (nSPS) is 13.3. The first-order valence-corrected chi connectivity index (χ1v) is 5.12. The summed E-state index contributed by atoms with van der Waals surface area (Å²) in [5, 5.41) is 0. The number of anilines is 1. The molecule has 0 heterocycles. The molecule has 0 aliphatic heterocycles. The third-order valence-corrected chi connectivity index (χ3v) is 2.62. The maximum absolute atomic E-state index is 6.01. The number of nitrogen functional groups attached to an aromatic ring is 1. The summed E-state index contributed by atoms with van der Waals surface area (Å²) in [6.45, 7) is 4.18. The number of hydrogen-bond donors (Lipinski definition) is 2. The van der Waals surface area contributed by atoms with Gasteiger partial charge in [0, 0.05) is 16.2 Å². The lowest BCUT2D eigenvalue weighted by molar-refractivity contribution is 0.515. The van der Waals surface area contributed by atoms with Gasteiger partial charge in [0.15, 0.2) is 0 Å². The van der Waals surface area contributed by atoms with E-state index in [9.17, 15) is 0 Å². The maximum Gasteiger partial charge on any atom is 0.0363 e. The summed E-state index contributed by atoms with van der Waals surface area (Å²) in [5.41, 5.74) is 13.6. The Morgan fingerprint density at radius 2 is 1.92 bits per heavy atom. The zero-order valence-corrected chi connectivity index (χ0v) is 9.51. The predicted molar refractivity (Wildman–Crippen MR) is 60.3 cm³/mol. The summed E-state index contributed by atoms with van der Waals surface area (Å²) >= 11 is 3.40. The second-order valence-electron chi connectivity index (χ2n) is 3.54. The highest BCUT2D eigenvalue weighted by Gasteiger charge is 2.13. The van der Waals surface area contributed by atoms with E-state index in [1.165, 1.54) is 0 Å². The Morgan fingerprint density at radius 1 is 1.31 bits per heavy atom. The third kappa shape index (κ3) is 2.45. The molecule has 0 bridgehead atoms. The molecule has 13 heavy (non-hydrogen) atoms. The van der Waals surface area contributed by atoms with Crippen LogP contribution >= 0.6 is 15.9 Å². The van der Waals surface area contributed by atoms with Gasteiger partial charge in [-0.25, -0.2) is 0 Å². The molecule has 0 aliphatic carbocycles. The zero-order valence-electron chi connectivity index (χ0n) is 7.92. The van der Waals surface area contributed by atoms with Crippen LogP contribution in [0.1, 0.15) is 25.5 Å². The first kappa shape index (κ1) is 10.5. The molecule has 0 saturated heterocycles. The van der Waals surface area contributed by atoms with E-state index in [-0.39, 0.29) is 6.04 Å². The van der Waals surface area contributed by atoms with Crippen LogP contribution in [0.4, 0.5) is 5.69 Å². The minimum absolute atomic E-state index is 0.0116. The molecule has 3 heteroatoms. The highest BCUT2D eigenvalue weighted by molar-refractivity contribution is 9.10. The van der Waals surface area contributed by atoms with Crippen molar-refractivity contribution in [3.8, 4) is 0 Å². The fourth-order valence-corrected chi connectivity index (χ4v) is 1.57. The van der Waals surface area contributed by atoms with Gasteiger partial charge in [-0.05, 0) is 29.7 Å². The van der Waals surface area contributed by atoms with E-state index >= 15 is 0 Å². The second-order valence-corrected chi connectivity index (χ2v) is 4.46. The van der Waals surface area contributed by atoms with Crippen LogP contribution in [0.15, 0.2) is 22.7 Å². The average Bonchev–Trinajstić information content (AvgIpc) is 2.08. The fourth-order valence-electron chi connectivity index (χ4n) is 1.19. The van der Waals surface area contributed by atoms with Crippen molar-refractivity contribution in [1.29, 1.82) is 0 Å². The molecule has 0 fully saturated rings. The monoisotopic (exact) mass is 242 g/mol. The van der Waals surface area contributed by atoms with Gasteiger partial charge >= 0.3 is 0 Å². The van der Waals surface area contributed by atoms with E-state index in [4.69, 9.17) is 11.5 Å². The van der Waals surface area contributed by atoms with Gasteiger partial charge in [-0.2, -0.15) is 0 Å². The van der Waals surface area contributed by atoms with Crippen LogP contribution in [0.3, 0.4) is 0 Å². The van der Waals surface area contributed by atoms with Gasteiger partial charge in [-0.1, -0.05) is 29.8 Å². The molecule has 4 N–H and O–H groups in total. The zero-order chi connectivity index (χ0) is 10.0. The molecule has 0 unspecified atom stereocenters. The summed E-state index contributed by atoms with van der Waals surface area (Å²) < 4.78 is 1.02. The van der Waals surface area contributed by atoms with Crippen LogP contribution in [0, 0.1) is 5.92 Å². The molecule has 1 atom stereocenters. The quantitative estimate of drug-likeness (QED) is 0.784. The Kier molecular flexibility index (Phi) is 3.33. The van der Waals surface area contributed by atoms with Crippen molar-refractivity contribution in [3.63, 3.8) is 0 Å². The lowest BCUT2D eigenvalue weighted by atomic mass is 9.96. The van der Waals surface area contributed by atoms with Crippen molar-refractivity contribution in [1.82, 2.24) is 0 Å². The van der Waals surface area contributed by atoms with Crippen LogP contribution in [-0.4, -0.2) is 0 Å². The summed E-state index contributed by atoms with van der Waals surface area (Å²) in [7, 11) is 0. The van der Waals surface area contributed by atoms with Crippen molar-refractivity contribution >= 4 is 21.6 Å². The molecular weight excluding hydrogens is 228 g/mol. The predicted octanol–water partition coefficient (Wildman–Crippen LogP) is 2.69. The fraction of sp³-hybridized carbons (Fsp3) is 0.400. The number of halogens is 1. The van der Waals surface area contributed by atoms with Crippen LogP contribution in [0.5, 0.6) is 0 Å². The standard InChI is InChI=1S/C10H15BrN2/c1-6(2)10(13)8-5-7(11)3-4-9(8)12/h3-6,10H,12-13H2,1-2H3/t10-/m0/s1. The van der Waals surface area contributed by atoms with Crippen LogP contribution in [0.2, 0.25) is 0 Å². The van der Waals surface area contributed by atoms with E-state index in [1.54, 1.807) is 0 Å². The average molecular weight is 243 g/mol. The third-order valence-electron chi connectivity index (χ3n) is 2.13. The SMILES string of the molecule is CC(C)[C@H](N)c1cc(Br)ccc1N. The van der Waals surface area contributed by atoms with E-state index in [2.05, 4.69) is 29.8 Å². The van der Waals surface area contributed by atoms with Crippen molar-refractivity contribution in [3.05, 3.63) is 28.2 Å². The molecule has 72 valence electrons. The number of nitrogens with two attached hydrogens (primary N) is 2. The highest BCUT2D eigenvalue weighted by Crippen LogP contribution is 2.27. The summed E-state index contributed by atoms with van der Waals surface area (Å²) in [6.07, 6.45) is 0. The molecule has 0 amide bonds. The Balaban J connectivity index is 3.05. The van der Waals surface area contributed by atoms with Gasteiger partial charge in [0.1, 0.15) is 0 Å². The Bertz CT molecular complexity index is 297. The summed E-state index contributed by atoms with van der Waals surface area (Å²) in [5.74, 6) is 0.400. The molecule has 0 spiro atoms. The summed E-state index contributed by atoms with van der Waals surface area (Å²) in [4.78, 5) is 0. The number of rotatable bonds is 2. The Hall–Kier alpha value is -0.540. The van der Waals surface area contributed by atoms with Crippen molar-refractivity contribution in [2.45, 2.75) is 19.9 Å². The second kappa shape index (κ2) is 4.11. The van der Waals surface area contributed by atoms with Gasteiger partial charge in [0.05, 0.1) is 0 Å². The van der Waals surface area contributed by atoms with Crippen molar-refractivity contribution in [2.75, 3.05) is 5.73 Å². The van der Waals surface area contributed by atoms with Crippen LogP contribution < -0.4 is 11.5 Å². The first-order chi connectivity index (χ1) is 6.02. The molecule has 2 nitrogen and oxygen atoms in total. The highest BCUT2D eigenvalue weighted by atomic mass is 79.9. The van der Waals surface area contributed by atoms with E-state index in [1.807, 2.05) is 18.2 Å². The lowest BCUT2D eigenvalue weighted by Gasteiger charge is -2.18. The lowest BCUT2D eigenvalue weighted by Crippen LogP contribution is -2.18. The largest absolute Gasteiger partial charge is 0.398 e. The molecule has 0 radical (unpaired) electrons. The van der Waals surface area contributed by atoms with Gasteiger partial charge < -0.3 is 11.5 Å². The van der Waals surface area contributed by atoms with Gasteiger partial charge in [0.2, 0.25) is 0 Å².